The van der Waals surface area contributed by atoms with Gasteiger partial charge < -0.3 is 10.2 Å². The molecule has 0 aromatic rings. The molecule has 102 valence electrons. The summed E-state index contributed by atoms with van der Waals surface area (Å²) in [5.74, 6) is 0. The van der Waals surface area contributed by atoms with Crippen molar-refractivity contribution in [2.45, 2.75) is 72.4 Å². The van der Waals surface area contributed by atoms with Gasteiger partial charge in [-0.3, -0.25) is 0 Å². The van der Waals surface area contributed by atoms with Crippen LogP contribution in [-0.4, -0.2) is 36.6 Å². The third kappa shape index (κ3) is 4.59. The molecule has 0 aliphatic heterocycles. The minimum atomic E-state index is 0.546. The van der Waals surface area contributed by atoms with Crippen LogP contribution in [0.3, 0.4) is 0 Å². The summed E-state index contributed by atoms with van der Waals surface area (Å²) >= 11 is 0. The van der Waals surface area contributed by atoms with E-state index < -0.39 is 0 Å². The Morgan fingerprint density at radius 2 is 1.71 bits per heavy atom. The zero-order valence-electron chi connectivity index (χ0n) is 12.6. The van der Waals surface area contributed by atoms with Gasteiger partial charge in [0.05, 0.1) is 0 Å². The quantitative estimate of drug-likeness (QED) is 0.735. The standard InChI is InChI=1S/C15H32N2/c1-6-17(14(4)5)12-15(9-7-8-10-15)11-16-13(2)3/h13-14,16H,6-12H2,1-5H3. The number of hydrogen-bond acceptors (Lipinski definition) is 2. The van der Waals surface area contributed by atoms with Crippen LogP contribution >= 0.6 is 0 Å². The summed E-state index contributed by atoms with van der Waals surface area (Å²) in [5, 5.41) is 3.67. The largest absolute Gasteiger partial charge is 0.314 e. The van der Waals surface area contributed by atoms with Crippen molar-refractivity contribution >= 4 is 0 Å². The van der Waals surface area contributed by atoms with Crippen LogP contribution in [0.15, 0.2) is 0 Å². The zero-order valence-corrected chi connectivity index (χ0v) is 12.6. The van der Waals surface area contributed by atoms with Crippen LogP contribution in [0.2, 0.25) is 0 Å². The highest BCUT2D eigenvalue weighted by Crippen LogP contribution is 2.38. The summed E-state index contributed by atoms with van der Waals surface area (Å²) in [6.45, 7) is 15.1. The Hall–Kier alpha value is -0.0800. The second kappa shape index (κ2) is 6.75. The third-order valence-corrected chi connectivity index (χ3v) is 4.22. The first-order valence-corrected chi connectivity index (χ1v) is 7.46. The molecule has 1 fully saturated rings. The fraction of sp³-hybridized carbons (Fsp3) is 1.00. The maximum atomic E-state index is 3.67. The highest BCUT2D eigenvalue weighted by atomic mass is 15.2. The van der Waals surface area contributed by atoms with Crippen LogP contribution in [0.1, 0.15) is 60.3 Å². The van der Waals surface area contributed by atoms with Gasteiger partial charge in [0, 0.05) is 25.2 Å². The lowest BCUT2D eigenvalue weighted by Gasteiger charge is -2.37. The van der Waals surface area contributed by atoms with E-state index in [9.17, 15) is 0 Å². The lowest BCUT2D eigenvalue weighted by atomic mass is 9.84. The second-order valence-corrected chi connectivity index (χ2v) is 6.40. The smallest absolute Gasteiger partial charge is 0.00527 e. The number of nitrogens with zero attached hydrogens (tertiary/aromatic N) is 1. The monoisotopic (exact) mass is 240 g/mol. The van der Waals surface area contributed by atoms with Gasteiger partial charge in [-0.15, -0.1) is 0 Å². The van der Waals surface area contributed by atoms with Crippen LogP contribution in [0.5, 0.6) is 0 Å². The van der Waals surface area contributed by atoms with E-state index in [4.69, 9.17) is 0 Å². The van der Waals surface area contributed by atoms with Crippen molar-refractivity contribution in [1.82, 2.24) is 10.2 Å². The molecule has 2 heteroatoms. The first-order valence-electron chi connectivity index (χ1n) is 7.46. The van der Waals surface area contributed by atoms with E-state index in [2.05, 4.69) is 44.8 Å². The average Bonchev–Trinajstić information content (AvgIpc) is 2.72. The molecule has 1 aliphatic carbocycles. The Bertz CT molecular complexity index is 205. The second-order valence-electron chi connectivity index (χ2n) is 6.40. The molecule has 0 aromatic carbocycles. The number of hydrogen-bond donors (Lipinski definition) is 1. The Morgan fingerprint density at radius 1 is 1.12 bits per heavy atom. The molecule has 1 rings (SSSR count). The first-order chi connectivity index (χ1) is 7.99. The SMILES string of the molecule is CCN(CC1(CNC(C)C)CCCC1)C(C)C. The predicted octanol–water partition coefficient (Wildman–Crippen LogP) is 3.28. The molecular weight excluding hydrogens is 208 g/mol. The van der Waals surface area contributed by atoms with Crippen molar-refractivity contribution in [3.8, 4) is 0 Å². The molecule has 0 amide bonds. The Labute approximate surface area is 108 Å². The van der Waals surface area contributed by atoms with E-state index in [1.807, 2.05) is 0 Å². The Balaban J connectivity index is 2.57. The summed E-state index contributed by atoms with van der Waals surface area (Å²) in [7, 11) is 0. The molecule has 1 saturated carbocycles. The van der Waals surface area contributed by atoms with Gasteiger partial charge in [0.1, 0.15) is 0 Å². The summed E-state index contributed by atoms with van der Waals surface area (Å²) < 4.78 is 0. The van der Waals surface area contributed by atoms with Crippen molar-refractivity contribution in [3.05, 3.63) is 0 Å². The minimum absolute atomic E-state index is 0.546. The summed E-state index contributed by atoms with van der Waals surface area (Å²) in [6.07, 6.45) is 5.68. The van der Waals surface area contributed by atoms with E-state index in [-0.39, 0.29) is 0 Å². The van der Waals surface area contributed by atoms with E-state index in [1.54, 1.807) is 0 Å². The van der Waals surface area contributed by atoms with Gasteiger partial charge in [0.2, 0.25) is 0 Å². The van der Waals surface area contributed by atoms with Crippen molar-refractivity contribution < 1.29 is 0 Å². The zero-order chi connectivity index (χ0) is 12.9. The van der Waals surface area contributed by atoms with Crippen LogP contribution in [-0.2, 0) is 0 Å². The molecule has 0 bridgehead atoms. The normalized spacial score (nSPS) is 19.8. The van der Waals surface area contributed by atoms with E-state index >= 15 is 0 Å². The third-order valence-electron chi connectivity index (χ3n) is 4.22. The van der Waals surface area contributed by atoms with Gasteiger partial charge >= 0.3 is 0 Å². The molecule has 1 aliphatic rings. The molecule has 0 unspecified atom stereocenters. The minimum Gasteiger partial charge on any atom is -0.314 e. The van der Waals surface area contributed by atoms with E-state index in [0.717, 1.165) is 0 Å². The molecule has 0 aromatic heterocycles. The topological polar surface area (TPSA) is 15.3 Å². The predicted molar refractivity (Wildman–Crippen MR) is 76.4 cm³/mol. The lowest BCUT2D eigenvalue weighted by molar-refractivity contribution is 0.125. The van der Waals surface area contributed by atoms with E-state index in [0.29, 0.717) is 17.5 Å². The van der Waals surface area contributed by atoms with Crippen LogP contribution in [0, 0.1) is 5.41 Å². The fourth-order valence-corrected chi connectivity index (χ4v) is 3.03. The highest BCUT2D eigenvalue weighted by Gasteiger charge is 2.35. The Kier molecular flexibility index (Phi) is 5.94. The molecule has 1 N–H and O–H groups in total. The summed E-state index contributed by atoms with van der Waals surface area (Å²) in [6, 6.07) is 1.29. The van der Waals surface area contributed by atoms with Crippen LogP contribution < -0.4 is 5.32 Å². The summed E-state index contributed by atoms with van der Waals surface area (Å²) in [5.41, 5.74) is 0.546. The lowest BCUT2D eigenvalue weighted by Crippen LogP contribution is -2.46. The molecule has 0 radical (unpaired) electrons. The van der Waals surface area contributed by atoms with Crippen LogP contribution in [0.25, 0.3) is 0 Å². The van der Waals surface area contributed by atoms with Gasteiger partial charge in [-0.05, 0) is 38.6 Å². The van der Waals surface area contributed by atoms with Crippen molar-refractivity contribution in [2.75, 3.05) is 19.6 Å². The maximum Gasteiger partial charge on any atom is 0.00527 e. The van der Waals surface area contributed by atoms with Gasteiger partial charge in [-0.2, -0.15) is 0 Å². The molecule has 0 atom stereocenters. The van der Waals surface area contributed by atoms with E-state index in [1.165, 1.54) is 45.3 Å². The Morgan fingerprint density at radius 3 is 2.12 bits per heavy atom. The molecule has 0 heterocycles. The summed E-state index contributed by atoms with van der Waals surface area (Å²) in [4.78, 5) is 2.63. The molecule has 17 heavy (non-hydrogen) atoms. The van der Waals surface area contributed by atoms with Crippen molar-refractivity contribution in [2.24, 2.45) is 5.41 Å². The van der Waals surface area contributed by atoms with Crippen LogP contribution in [0.4, 0.5) is 0 Å². The van der Waals surface area contributed by atoms with Gasteiger partial charge in [0.25, 0.3) is 0 Å². The molecular formula is C15H32N2. The maximum absolute atomic E-state index is 3.67. The van der Waals surface area contributed by atoms with Gasteiger partial charge in [-0.1, -0.05) is 33.6 Å². The average molecular weight is 240 g/mol. The first kappa shape index (κ1) is 15.0. The molecule has 0 saturated heterocycles. The molecule has 2 nitrogen and oxygen atoms in total. The number of rotatable bonds is 7. The van der Waals surface area contributed by atoms with Gasteiger partial charge in [-0.25, -0.2) is 0 Å². The number of nitrogens with one attached hydrogen (secondary N) is 1. The van der Waals surface area contributed by atoms with Crippen molar-refractivity contribution in [1.29, 1.82) is 0 Å². The van der Waals surface area contributed by atoms with Gasteiger partial charge in [0.15, 0.2) is 0 Å². The highest BCUT2D eigenvalue weighted by molar-refractivity contribution is 4.90. The molecule has 0 spiro atoms. The fourth-order valence-electron chi connectivity index (χ4n) is 3.03. The van der Waals surface area contributed by atoms with Crippen molar-refractivity contribution in [3.63, 3.8) is 0 Å².